The smallest absolute Gasteiger partial charge is 0.373 e. The first-order valence-electron chi connectivity index (χ1n) is 4.97. The minimum Gasteiger partial charge on any atom is -0.373 e. The van der Waals surface area contributed by atoms with Gasteiger partial charge in [0.1, 0.15) is 11.6 Å². The normalized spacial score (nSPS) is 11.6. The van der Waals surface area contributed by atoms with Gasteiger partial charge >= 0.3 is 6.18 Å². The van der Waals surface area contributed by atoms with Crippen LogP contribution in [0.25, 0.3) is 10.6 Å². The number of nitrogens with zero attached hydrogens (tertiary/aromatic N) is 3. The maximum Gasteiger partial charge on any atom is 0.443 e. The Morgan fingerprint density at radius 1 is 1.28 bits per heavy atom. The highest BCUT2D eigenvalue weighted by molar-refractivity contribution is 7.15. The number of anilines is 1. The molecule has 0 aliphatic rings. The molecule has 18 heavy (non-hydrogen) atoms. The molecule has 4 nitrogen and oxygen atoms in total. The Labute approximate surface area is 105 Å². The van der Waals surface area contributed by atoms with E-state index in [2.05, 4.69) is 20.3 Å². The van der Waals surface area contributed by atoms with Crippen molar-refractivity contribution in [3.63, 3.8) is 0 Å². The van der Waals surface area contributed by atoms with Crippen LogP contribution in [0.5, 0.6) is 0 Å². The van der Waals surface area contributed by atoms with Crippen LogP contribution in [0.15, 0.2) is 12.3 Å². The summed E-state index contributed by atoms with van der Waals surface area (Å²) in [6, 6.07) is 1.58. The summed E-state index contributed by atoms with van der Waals surface area (Å²) in [5.41, 5.74) is 0.430. The zero-order chi connectivity index (χ0) is 13.3. The van der Waals surface area contributed by atoms with Gasteiger partial charge in [0, 0.05) is 19.3 Å². The second-order valence-corrected chi connectivity index (χ2v) is 4.49. The standard InChI is InChI=1S/C10H9F3N4S/c1-5-16-6(3-8(14-2)17-5)7-4-15-9(18-7)10(11,12)13/h3-4H,1-2H3,(H,14,16,17). The van der Waals surface area contributed by atoms with Crippen LogP contribution >= 0.6 is 11.3 Å². The maximum absolute atomic E-state index is 12.4. The van der Waals surface area contributed by atoms with Crippen LogP contribution in [0, 0.1) is 6.92 Å². The van der Waals surface area contributed by atoms with E-state index in [0.717, 1.165) is 0 Å². The van der Waals surface area contributed by atoms with E-state index in [1.807, 2.05) is 0 Å². The molecular formula is C10H9F3N4S. The van der Waals surface area contributed by atoms with E-state index in [-0.39, 0.29) is 0 Å². The van der Waals surface area contributed by atoms with E-state index in [0.29, 0.717) is 33.6 Å². The summed E-state index contributed by atoms with van der Waals surface area (Å²) in [6.45, 7) is 1.68. The number of alkyl halides is 3. The minimum absolute atomic E-state index is 0.365. The predicted octanol–water partition coefficient (Wildman–Crippen LogP) is 2.97. The van der Waals surface area contributed by atoms with E-state index in [1.54, 1.807) is 20.0 Å². The van der Waals surface area contributed by atoms with Crippen molar-refractivity contribution in [3.05, 3.63) is 23.1 Å². The van der Waals surface area contributed by atoms with Crippen molar-refractivity contribution in [3.8, 4) is 10.6 Å². The highest BCUT2D eigenvalue weighted by Crippen LogP contribution is 2.35. The SMILES string of the molecule is CNc1cc(-c2cnc(C(F)(F)F)s2)nc(C)n1. The molecule has 96 valence electrons. The molecule has 0 saturated heterocycles. The molecule has 0 saturated carbocycles. The van der Waals surface area contributed by atoms with E-state index in [9.17, 15) is 13.2 Å². The van der Waals surface area contributed by atoms with Gasteiger partial charge < -0.3 is 5.32 Å². The van der Waals surface area contributed by atoms with Crippen LogP contribution in [-0.2, 0) is 6.18 Å². The Morgan fingerprint density at radius 3 is 2.56 bits per heavy atom. The highest BCUT2D eigenvalue weighted by Gasteiger charge is 2.34. The minimum atomic E-state index is -4.42. The third-order valence-corrected chi connectivity index (χ3v) is 3.16. The Balaban J connectivity index is 2.43. The van der Waals surface area contributed by atoms with Gasteiger partial charge in [-0.15, -0.1) is 11.3 Å². The molecule has 1 N–H and O–H groups in total. The third kappa shape index (κ3) is 2.58. The fraction of sp³-hybridized carbons (Fsp3) is 0.300. The Bertz CT molecular complexity index is 564. The van der Waals surface area contributed by atoms with Gasteiger partial charge in [0.2, 0.25) is 0 Å². The molecule has 0 radical (unpaired) electrons. The molecule has 8 heteroatoms. The van der Waals surface area contributed by atoms with E-state index in [1.165, 1.54) is 6.20 Å². The summed E-state index contributed by atoms with van der Waals surface area (Å²) in [5.74, 6) is 1.04. The van der Waals surface area contributed by atoms with Crippen LogP contribution in [0.3, 0.4) is 0 Å². The predicted molar refractivity (Wildman–Crippen MR) is 62.4 cm³/mol. The molecule has 2 heterocycles. The van der Waals surface area contributed by atoms with Gasteiger partial charge in [-0.3, -0.25) is 0 Å². The number of nitrogens with one attached hydrogen (secondary N) is 1. The van der Waals surface area contributed by atoms with Crippen molar-refractivity contribution in [2.24, 2.45) is 0 Å². The van der Waals surface area contributed by atoms with Crippen molar-refractivity contribution < 1.29 is 13.2 Å². The van der Waals surface area contributed by atoms with Gasteiger partial charge in [0.15, 0.2) is 5.01 Å². The van der Waals surface area contributed by atoms with E-state index in [4.69, 9.17) is 0 Å². The lowest BCUT2D eigenvalue weighted by molar-refractivity contribution is -0.137. The second kappa shape index (κ2) is 4.52. The second-order valence-electron chi connectivity index (χ2n) is 3.46. The monoisotopic (exact) mass is 274 g/mol. The average Bonchev–Trinajstić information content (AvgIpc) is 2.77. The summed E-state index contributed by atoms with van der Waals surface area (Å²) in [4.78, 5) is 11.9. The van der Waals surface area contributed by atoms with Gasteiger partial charge in [-0.2, -0.15) is 13.2 Å². The van der Waals surface area contributed by atoms with Crippen molar-refractivity contribution in [2.45, 2.75) is 13.1 Å². The van der Waals surface area contributed by atoms with Gasteiger partial charge in [-0.25, -0.2) is 15.0 Å². The first-order valence-corrected chi connectivity index (χ1v) is 5.78. The first-order chi connectivity index (χ1) is 8.40. The van der Waals surface area contributed by atoms with E-state index >= 15 is 0 Å². The van der Waals surface area contributed by atoms with E-state index < -0.39 is 11.2 Å². The molecule has 0 fully saturated rings. The fourth-order valence-electron chi connectivity index (χ4n) is 1.35. The van der Waals surface area contributed by atoms with Crippen LogP contribution in [0.4, 0.5) is 19.0 Å². The number of hydrogen-bond acceptors (Lipinski definition) is 5. The van der Waals surface area contributed by atoms with Gasteiger partial charge in [-0.1, -0.05) is 0 Å². The molecule has 0 aliphatic carbocycles. The zero-order valence-corrected chi connectivity index (χ0v) is 10.4. The van der Waals surface area contributed by atoms with Gasteiger partial charge in [0.05, 0.1) is 10.6 Å². The molecule has 0 amide bonds. The highest BCUT2D eigenvalue weighted by atomic mass is 32.1. The summed E-state index contributed by atoms with van der Waals surface area (Å²) in [6.07, 6.45) is -3.24. The molecule has 2 aromatic rings. The molecule has 0 unspecified atom stereocenters. The van der Waals surface area contributed by atoms with Crippen molar-refractivity contribution >= 4 is 17.2 Å². The van der Waals surface area contributed by atoms with Crippen molar-refractivity contribution in [1.29, 1.82) is 0 Å². The van der Waals surface area contributed by atoms with Gasteiger partial charge in [0.25, 0.3) is 0 Å². The summed E-state index contributed by atoms with van der Waals surface area (Å²) < 4.78 is 37.3. The molecular weight excluding hydrogens is 265 g/mol. The number of aryl methyl sites for hydroxylation is 1. The molecule has 0 bridgehead atoms. The summed E-state index contributed by atoms with van der Waals surface area (Å²) in [7, 11) is 1.68. The molecule has 2 aromatic heterocycles. The lowest BCUT2D eigenvalue weighted by Crippen LogP contribution is -2.02. The molecule has 0 aromatic carbocycles. The average molecular weight is 274 g/mol. The Hall–Kier alpha value is -1.70. The first kappa shape index (κ1) is 12.7. The third-order valence-electron chi connectivity index (χ3n) is 2.09. The number of thiazole rings is 1. The van der Waals surface area contributed by atoms with Crippen molar-refractivity contribution in [1.82, 2.24) is 15.0 Å². The van der Waals surface area contributed by atoms with Crippen LogP contribution in [0.1, 0.15) is 10.8 Å². The van der Waals surface area contributed by atoms with Gasteiger partial charge in [-0.05, 0) is 6.92 Å². The summed E-state index contributed by atoms with van der Waals surface area (Å²) in [5, 5.41) is 1.95. The largest absolute Gasteiger partial charge is 0.443 e. The lowest BCUT2D eigenvalue weighted by Gasteiger charge is -2.03. The van der Waals surface area contributed by atoms with Crippen LogP contribution in [0.2, 0.25) is 0 Å². The molecule has 0 spiro atoms. The molecule has 2 rings (SSSR count). The topological polar surface area (TPSA) is 50.7 Å². The number of rotatable bonds is 2. The number of hydrogen-bond donors (Lipinski definition) is 1. The molecule has 0 aliphatic heterocycles. The quantitative estimate of drug-likeness (QED) is 0.914. The van der Waals surface area contributed by atoms with Crippen molar-refractivity contribution in [2.75, 3.05) is 12.4 Å². The van der Waals surface area contributed by atoms with Crippen LogP contribution < -0.4 is 5.32 Å². The Kier molecular flexibility index (Phi) is 3.20. The van der Waals surface area contributed by atoms with Crippen LogP contribution in [-0.4, -0.2) is 22.0 Å². The molecule has 0 atom stereocenters. The summed E-state index contributed by atoms with van der Waals surface area (Å²) >= 11 is 0.567. The lowest BCUT2D eigenvalue weighted by atomic mass is 10.3. The fourth-order valence-corrected chi connectivity index (χ4v) is 2.09. The maximum atomic E-state index is 12.4. The zero-order valence-electron chi connectivity index (χ0n) is 9.54. The number of halogens is 3. The number of aromatic nitrogens is 3. The Morgan fingerprint density at radius 2 is 2.00 bits per heavy atom.